The van der Waals surface area contributed by atoms with Crippen molar-refractivity contribution in [3.63, 3.8) is 0 Å². The number of furan rings is 1. The van der Waals surface area contributed by atoms with Crippen LogP contribution in [0.5, 0.6) is 0 Å². The van der Waals surface area contributed by atoms with E-state index in [0.29, 0.717) is 5.56 Å². The second-order valence-electron chi connectivity index (χ2n) is 15.9. The van der Waals surface area contributed by atoms with Gasteiger partial charge in [0.05, 0.1) is 24.1 Å². The van der Waals surface area contributed by atoms with Crippen LogP contribution >= 0.6 is 0 Å². The molecule has 0 unspecified atom stereocenters. The Hall–Kier alpha value is -6.70. The minimum absolute atomic E-state index is 0.185. The van der Waals surface area contributed by atoms with Gasteiger partial charge in [-0.15, -0.1) is 0 Å². The summed E-state index contributed by atoms with van der Waals surface area (Å²) in [5, 5.41) is 11.8. The average molecular weight is 741 g/mol. The van der Waals surface area contributed by atoms with E-state index >= 15 is 0 Å². The molecule has 0 aliphatic heterocycles. The Morgan fingerprint density at radius 2 is 1.14 bits per heavy atom. The number of nitrogens with zero attached hydrogens (tertiary/aromatic N) is 3. The molecule has 9 aromatic rings. The standard InChI is InChI=1S/C53H46N3O/c1-34(2)44-31-41(53(38-18-10-7-11-19-38,39-20-12-8-13-21-39)40-22-14-9-15-23-40)32-45(35(3)4)50(44)56-47-25-17-16-24-46(47)55(6)52(56)49-36(5)26-28-43-42-29-27-37(33-54)30-48(42)57-51(43)49/h7-32,34-35H,1-6H3/q+1. The van der Waals surface area contributed by atoms with Gasteiger partial charge in [-0.05, 0) is 89.0 Å². The number of para-hydroxylation sites is 2. The van der Waals surface area contributed by atoms with E-state index in [1.165, 1.54) is 39.1 Å². The molecule has 0 spiro atoms. The highest BCUT2D eigenvalue weighted by Crippen LogP contribution is 2.49. The number of aryl methyl sites for hydroxylation is 2. The van der Waals surface area contributed by atoms with Crippen molar-refractivity contribution in [2.75, 3.05) is 0 Å². The third-order valence-electron chi connectivity index (χ3n) is 11.9. The topological polar surface area (TPSA) is 45.7 Å². The van der Waals surface area contributed by atoms with Crippen molar-refractivity contribution >= 4 is 33.0 Å². The molecule has 0 radical (unpaired) electrons. The molecule has 0 aliphatic rings. The maximum absolute atomic E-state index is 9.74. The predicted octanol–water partition coefficient (Wildman–Crippen LogP) is 12.8. The SMILES string of the molecule is Cc1ccc2c(oc3cc(C#N)ccc32)c1-c1n(-c2c(C(C)C)cc(C(c3ccccc3)(c3ccccc3)c3ccccc3)cc2C(C)C)c2ccccc2[n+]1C. The first-order valence-electron chi connectivity index (χ1n) is 19.9. The van der Waals surface area contributed by atoms with Crippen molar-refractivity contribution in [1.82, 2.24) is 4.57 Å². The van der Waals surface area contributed by atoms with Gasteiger partial charge in [-0.3, -0.25) is 0 Å². The summed E-state index contributed by atoms with van der Waals surface area (Å²) in [5.41, 5.74) is 14.7. The van der Waals surface area contributed by atoms with Crippen LogP contribution in [0.25, 0.3) is 50.0 Å². The molecule has 4 heteroatoms. The molecule has 2 aromatic heterocycles. The fourth-order valence-electron chi connectivity index (χ4n) is 9.21. The molecule has 0 aliphatic carbocycles. The third kappa shape index (κ3) is 5.60. The minimum atomic E-state index is -0.583. The molecule has 4 nitrogen and oxygen atoms in total. The summed E-state index contributed by atoms with van der Waals surface area (Å²) in [7, 11) is 2.17. The fourth-order valence-corrected chi connectivity index (χ4v) is 9.21. The van der Waals surface area contributed by atoms with E-state index in [0.717, 1.165) is 49.9 Å². The van der Waals surface area contributed by atoms with Crippen molar-refractivity contribution in [3.8, 4) is 23.1 Å². The van der Waals surface area contributed by atoms with Crippen molar-refractivity contribution in [2.45, 2.75) is 51.9 Å². The summed E-state index contributed by atoms with van der Waals surface area (Å²) in [4.78, 5) is 0. The smallest absolute Gasteiger partial charge is 0.299 e. The number of aromatic nitrogens is 2. The van der Waals surface area contributed by atoms with Gasteiger partial charge in [0.25, 0.3) is 5.82 Å². The number of nitriles is 1. The molecule has 7 aromatic carbocycles. The zero-order valence-electron chi connectivity index (χ0n) is 33.4. The predicted molar refractivity (Wildman–Crippen MR) is 233 cm³/mol. The minimum Gasteiger partial charge on any atom is -0.455 e. The molecule has 0 saturated carbocycles. The van der Waals surface area contributed by atoms with Gasteiger partial charge in [0.15, 0.2) is 16.6 Å². The molecule has 0 fully saturated rings. The summed E-state index contributed by atoms with van der Waals surface area (Å²) in [6.07, 6.45) is 0. The van der Waals surface area contributed by atoms with E-state index in [1.807, 2.05) is 18.2 Å². The quantitative estimate of drug-likeness (QED) is 0.115. The molecule has 57 heavy (non-hydrogen) atoms. The van der Waals surface area contributed by atoms with Gasteiger partial charge in [-0.25, -0.2) is 4.57 Å². The largest absolute Gasteiger partial charge is 0.455 e. The summed E-state index contributed by atoms with van der Waals surface area (Å²) >= 11 is 0. The van der Waals surface area contributed by atoms with Crippen LogP contribution in [0.15, 0.2) is 162 Å². The normalized spacial score (nSPS) is 12.0. The Morgan fingerprint density at radius 3 is 1.68 bits per heavy atom. The van der Waals surface area contributed by atoms with E-state index in [2.05, 4.69) is 196 Å². The zero-order chi connectivity index (χ0) is 39.4. The van der Waals surface area contributed by atoms with Gasteiger partial charge in [0.1, 0.15) is 16.8 Å². The van der Waals surface area contributed by atoms with Crippen molar-refractivity contribution in [2.24, 2.45) is 7.05 Å². The van der Waals surface area contributed by atoms with E-state index in [4.69, 9.17) is 4.42 Å². The molecular formula is C53H46N3O+. The van der Waals surface area contributed by atoms with E-state index < -0.39 is 5.41 Å². The number of benzene rings is 7. The lowest BCUT2D eigenvalue weighted by Gasteiger charge is -2.38. The van der Waals surface area contributed by atoms with Crippen molar-refractivity contribution in [3.05, 3.63) is 202 Å². The Labute approximate surface area is 334 Å². The molecular weight excluding hydrogens is 695 g/mol. The van der Waals surface area contributed by atoms with Crippen LogP contribution in [-0.2, 0) is 12.5 Å². The van der Waals surface area contributed by atoms with E-state index in [9.17, 15) is 5.26 Å². The third-order valence-corrected chi connectivity index (χ3v) is 11.9. The lowest BCUT2D eigenvalue weighted by molar-refractivity contribution is -0.633. The fraction of sp³-hybridized carbons (Fsp3) is 0.170. The first kappa shape index (κ1) is 36.0. The number of hydrogen-bond acceptors (Lipinski definition) is 2. The highest BCUT2D eigenvalue weighted by Gasteiger charge is 2.41. The van der Waals surface area contributed by atoms with Crippen LogP contribution in [0.1, 0.15) is 84.0 Å². The molecule has 0 saturated heterocycles. The number of imidazole rings is 1. The Morgan fingerprint density at radius 1 is 0.614 bits per heavy atom. The summed E-state index contributed by atoms with van der Waals surface area (Å²) in [6.45, 7) is 11.5. The van der Waals surface area contributed by atoms with Crippen molar-refractivity contribution in [1.29, 1.82) is 5.26 Å². The number of rotatable bonds is 8. The highest BCUT2D eigenvalue weighted by atomic mass is 16.3. The second-order valence-corrected chi connectivity index (χ2v) is 15.9. The first-order chi connectivity index (χ1) is 27.7. The second kappa shape index (κ2) is 14.1. The molecule has 2 heterocycles. The maximum atomic E-state index is 9.74. The Balaban J connectivity index is 1.43. The lowest BCUT2D eigenvalue weighted by atomic mass is 9.64. The number of hydrogen-bond donors (Lipinski definition) is 0. The van der Waals surface area contributed by atoms with Crippen LogP contribution in [-0.4, -0.2) is 4.57 Å². The lowest BCUT2D eigenvalue weighted by Crippen LogP contribution is -2.32. The molecule has 0 N–H and O–H groups in total. The van der Waals surface area contributed by atoms with Crippen LogP contribution in [0.2, 0.25) is 0 Å². The van der Waals surface area contributed by atoms with Crippen LogP contribution < -0.4 is 4.57 Å². The van der Waals surface area contributed by atoms with Gasteiger partial charge >= 0.3 is 0 Å². The Kier molecular flexibility index (Phi) is 8.90. The maximum Gasteiger partial charge on any atom is 0.299 e. The summed E-state index contributed by atoms with van der Waals surface area (Å²) in [6, 6.07) is 59.1. The monoisotopic (exact) mass is 740 g/mol. The van der Waals surface area contributed by atoms with Crippen LogP contribution in [0, 0.1) is 18.3 Å². The number of fused-ring (bicyclic) bond motifs is 4. The summed E-state index contributed by atoms with van der Waals surface area (Å²) < 4.78 is 11.6. The van der Waals surface area contributed by atoms with Gasteiger partial charge < -0.3 is 4.42 Å². The highest BCUT2D eigenvalue weighted by molar-refractivity contribution is 6.10. The molecule has 9 rings (SSSR count). The summed E-state index contributed by atoms with van der Waals surface area (Å²) in [5.74, 6) is 1.42. The zero-order valence-corrected chi connectivity index (χ0v) is 33.4. The van der Waals surface area contributed by atoms with E-state index in [1.54, 1.807) is 0 Å². The molecule has 0 amide bonds. The Bertz CT molecular complexity index is 2860. The van der Waals surface area contributed by atoms with Crippen LogP contribution in [0.3, 0.4) is 0 Å². The van der Waals surface area contributed by atoms with Crippen molar-refractivity contribution < 1.29 is 8.98 Å². The van der Waals surface area contributed by atoms with Gasteiger partial charge in [-0.2, -0.15) is 9.83 Å². The molecule has 278 valence electrons. The average Bonchev–Trinajstić information content (AvgIpc) is 3.75. The molecule has 0 bridgehead atoms. The first-order valence-corrected chi connectivity index (χ1v) is 19.9. The van der Waals surface area contributed by atoms with Gasteiger partial charge in [-0.1, -0.05) is 143 Å². The van der Waals surface area contributed by atoms with Gasteiger partial charge in [0.2, 0.25) is 0 Å². The van der Waals surface area contributed by atoms with E-state index in [-0.39, 0.29) is 11.8 Å². The molecule has 0 atom stereocenters. The van der Waals surface area contributed by atoms with Gasteiger partial charge in [0, 0.05) is 21.9 Å². The van der Waals surface area contributed by atoms with Crippen LogP contribution in [0.4, 0.5) is 0 Å².